The van der Waals surface area contributed by atoms with Crippen LogP contribution < -0.4 is 5.32 Å². The van der Waals surface area contributed by atoms with Crippen molar-refractivity contribution in [3.8, 4) is 0 Å². The monoisotopic (exact) mass is 337 g/mol. The van der Waals surface area contributed by atoms with Gasteiger partial charge in [-0.3, -0.25) is 9.79 Å². The van der Waals surface area contributed by atoms with Crippen molar-refractivity contribution in [1.29, 1.82) is 0 Å². The fourth-order valence-corrected chi connectivity index (χ4v) is 2.84. The van der Waals surface area contributed by atoms with Crippen LogP contribution in [0.1, 0.15) is 38.2 Å². The van der Waals surface area contributed by atoms with E-state index in [-0.39, 0.29) is 17.6 Å². The first kappa shape index (κ1) is 17.0. The number of carbonyl (C=O) groups excluding carboxylic acids is 1. The van der Waals surface area contributed by atoms with E-state index in [0.717, 1.165) is 17.0 Å². The van der Waals surface area contributed by atoms with E-state index >= 15 is 0 Å². The minimum Gasteiger partial charge on any atom is -0.313 e. The lowest BCUT2D eigenvalue weighted by Crippen LogP contribution is -2.37. The van der Waals surface area contributed by atoms with Crippen molar-refractivity contribution in [2.45, 2.75) is 32.6 Å². The van der Waals surface area contributed by atoms with E-state index in [4.69, 9.17) is 4.99 Å². The molecule has 0 saturated carbocycles. The van der Waals surface area contributed by atoms with Crippen molar-refractivity contribution in [2.75, 3.05) is 0 Å². The Morgan fingerprint density at radius 3 is 2.28 bits per heavy atom. The molecule has 128 valence electrons. The third kappa shape index (κ3) is 3.65. The van der Waals surface area contributed by atoms with Crippen LogP contribution in [0.5, 0.6) is 0 Å². The van der Waals surface area contributed by atoms with Gasteiger partial charge in [-0.1, -0.05) is 38.1 Å². The molecule has 0 fully saturated rings. The van der Waals surface area contributed by atoms with Crippen molar-refractivity contribution in [3.63, 3.8) is 0 Å². The van der Waals surface area contributed by atoms with E-state index in [2.05, 4.69) is 10.3 Å². The van der Waals surface area contributed by atoms with Gasteiger partial charge in [-0.25, -0.2) is 9.38 Å². The number of hydrogen-bond acceptors (Lipinski definition) is 3. The number of hydrogen-bond donors (Lipinski definition) is 1. The molecule has 1 amide bonds. The molecule has 2 aromatic carbocycles. The van der Waals surface area contributed by atoms with Crippen molar-refractivity contribution < 1.29 is 9.18 Å². The van der Waals surface area contributed by atoms with Gasteiger partial charge in [-0.15, -0.1) is 0 Å². The Bertz CT molecular complexity index is 840. The zero-order valence-corrected chi connectivity index (χ0v) is 14.3. The molecule has 0 saturated heterocycles. The van der Waals surface area contributed by atoms with Gasteiger partial charge in [0.15, 0.2) is 0 Å². The number of halogens is 1. The number of amidine groups is 1. The van der Waals surface area contributed by atoms with E-state index in [1.54, 1.807) is 19.1 Å². The number of aliphatic imine (C=N–C) groups is 2. The van der Waals surface area contributed by atoms with Gasteiger partial charge in [0.2, 0.25) is 5.91 Å². The molecular formula is C20H20FN3O. The predicted molar refractivity (Wildman–Crippen MR) is 98.5 cm³/mol. The molecule has 1 N–H and O–H groups in total. The summed E-state index contributed by atoms with van der Waals surface area (Å²) in [7, 11) is 0. The molecule has 3 rings (SSSR count). The second kappa shape index (κ2) is 7.38. The van der Waals surface area contributed by atoms with Crippen LogP contribution in [-0.2, 0) is 4.79 Å². The van der Waals surface area contributed by atoms with Gasteiger partial charge >= 0.3 is 0 Å². The summed E-state index contributed by atoms with van der Waals surface area (Å²) in [5.74, 6) is -0.190. The van der Waals surface area contributed by atoms with E-state index < -0.39 is 0 Å². The molecule has 4 nitrogen and oxygen atoms in total. The van der Waals surface area contributed by atoms with E-state index in [1.165, 1.54) is 12.1 Å². The first-order valence-corrected chi connectivity index (χ1v) is 8.42. The topological polar surface area (TPSA) is 53.8 Å². The fraction of sp³-hybridized carbons (Fsp3) is 0.250. The summed E-state index contributed by atoms with van der Waals surface area (Å²) in [5, 5.41) is 2.91. The SMILES string of the molecule is CCC(=O)NC1=Nc2ccccc2N=C(CC)C1c1ccc(F)cc1. The molecule has 25 heavy (non-hydrogen) atoms. The summed E-state index contributed by atoms with van der Waals surface area (Å²) in [4.78, 5) is 21.5. The van der Waals surface area contributed by atoms with Crippen LogP contribution in [-0.4, -0.2) is 17.5 Å². The van der Waals surface area contributed by atoms with Gasteiger partial charge < -0.3 is 5.32 Å². The zero-order chi connectivity index (χ0) is 17.8. The summed E-state index contributed by atoms with van der Waals surface area (Å²) < 4.78 is 13.4. The average Bonchev–Trinajstić information content (AvgIpc) is 2.78. The number of carbonyl (C=O) groups is 1. The Hall–Kier alpha value is -2.82. The van der Waals surface area contributed by atoms with Gasteiger partial charge in [0, 0.05) is 12.1 Å². The van der Waals surface area contributed by atoms with Crippen LogP contribution in [0.2, 0.25) is 0 Å². The Morgan fingerprint density at radius 1 is 1.04 bits per heavy atom. The number of rotatable bonds is 3. The largest absolute Gasteiger partial charge is 0.313 e. The molecule has 1 unspecified atom stereocenters. The molecule has 0 aliphatic carbocycles. The number of fused-ring (bicyclic) bond motifs is 1. The highest BCUT2D eigenvalue weighted by Gasteiger charge is 2.27. The molecule has 0 bridgehead atoms. The van der Waals surface area contributed by atoms with Crippen LogP contribution in [0, 0.1) is 5.82 Å². The van der Waals surface area contributed by atoms with Crippen LogP contribution in [0.25, 0.3) is 0 Å². The fourth-order valence-electron chi connectivity index (χ4n) is 2.84. The highest BCUT2D eigenvalue weighted by atomic mass is 19.1. The molecule has 1 aliphatic heterocycles. The van der Waals surface area contributed by atoms with Crippen molar-refractivity contribution in [2.24, 2.45) is 9.98 Å². The number of para-hydroxylation sites is 2. The Morgan fingerprint density at radius 2 is 1.68 bits per heavy atom. The van der Waals surface area contributed by atoms with Gasteiger partial charge in [-0.2, -0.15) is 0 Å². The van der Waals surface area contributed by atoms with Crippen LogP contribution in [0.3, 0.4) is 0 Å². The van der Waals surface area contributed by atoms with Gasteiger partial charge in [0.05, 0.1) is 17.3 Å². The molecule has 0 spiro atoms. The van der Waals surface area contributed by atoms with E-state index in [9.17, 15) is 9.18 Å². The molecule has 1 aliphatic rings. The molecule has 0 radical (unpaired) electrons. The molecule has 2 aromatic rings. The average molecular weight is 337 g/mol. The number of nitrogens with one attached hydrogen (secondary N) is 1. The van der Waals surface area contributed by atoms with Crippen LogP contribution in [0.15, 0.2) is 58.5 Å². The smallest absolute Gasteiger partial charge is 0.225 e. The first-order chi connectivity index (χ1) is 12.1. The second-order valence-electron chi connectivity index (χ2n) is 5.83. The Kier molecular flexibility index (Phi) is 5.03. The zero-order valence-electron chi connectivity index (χ0n) is 14.3. The number of amides is 1. The lowest BCUT2D eigenvalue weighted by atomic mass is 9.91. The van der Waals surface area contributed by atoms with Crippen molar-refractivity contribution >= 4 is 28.8 Å². The quantitative estimate of drug-likeness (QED) is 0.870. The summed E-state index contributed by atoms with van der Waals surface area (Å²) in [6.07, 6.45) is 1.05. The van der Waals surface area contributed by atoms with Crippen LogP contribution >= 0.6 is 0 Å². The van der Waals surface area contributed by atoms with Gasteiger partial charge in [0.1, 0.15) is 11.7 Å². The normalized spacial score (nSPS) is 16.4. The van der Waals surface area contributed by atoms with E-state index in [1.807, 2.05) is 31.2 Å². The first-order valence-electron chi connectivity index (χ1n) is 8.42. The van der Waals surface area contributed by atoms with Crippen LogP contribution in [0.4, 0.5) is 15.8 Å². The third-order valence-corrected chi connectivity index (χ3v) is 4.15. The molecule has 0 aromatic heterocycles. The lowest BCUT2D eigenvalue weighted by Gasteiger charge is -2.20. The summed E-state index contributed by atoms with van der Waals surface area (Å²) in [6, 6.07) is 13.8. The summed E-state index contributed by atoms with van der Waals surface area (Å²) in [5.41, 5.74) is 3.22. The van der Waals surface area contributed by atoms with Crippen molar-refractivity contribution in [3.05, 3.63) is 59.9 Å². The van der Waals surface area contributed by atoms with Gasteiger partial charge in [-0.05, 0) is 36.2 Å². The number of benzene rings is 2. The van der Waals surface area contributed by atoms with Crippen molar-refractivity contribution in [1.82, 2.24) is 5.32 Å². The summed E-state index contributed by atoms with van der Waals surface area (Å²) in [6.45, 7) is 3.81. The third-order valence-electron chi connectivity index (χ3n) is 4.15. The Balaban J connectivity index is 2.17. The number of nitrogens with zero attached hydrogens (tertiary/aromatic N) is 2. The highest BCUT2D eigenvalue weighted by molar-refractivity contribution is 6.17. The lowest BCUT2D eigenvalue weighted by molar-refractivity contribution is -0.119. The Labute approximate surface area is 146 Å². The molecule has 1 atom stereocenters. The highest BCUT2D eigenvalue weighted by Crippen LogP contribution is 2.35. The van der Waals surface area contributed by atoms with Gasteiger partial charge in [0.25, 0.3) is 0 Å². The summed E-state index contributed by atoms with van der Waals surface area (Å²) >= 11 is 0. The molecule has 1 heterocycles. The maximum Gasteiger partial charge on any atom is 0.225 e. The minimum absolute atomic E-state index is 0.110. The maximum absolute atomic E-state index is 13.4. The van der Waals surface area contributed by atoms with E-state index in [0.29, 0.717) is 24.4 Å². The standard InChI is InChI=1S/C20H20FN3O/c1-3-15-19(13-9-11-14(21)12-10-13)20(24-18(25)4-2)23-17-8-6-5-7-16(17)22-15/h5-12,19H,3-4H2,1-2H3,(H,23,24,25). The minimum atomic E-state index is -0.312. The predicted octanol–water partition coefficient (Wildman–Crippen LogP) is 4.66. The second-order valence-corrected chi connectivity index (χ2v) is 5.83. The maximum atomic E-state index is 13.4. The molecular weight excluding hydrogens is 317 g/mol. The molecule has 5 heteroatoms.